The van der Waals surface area contributed by atoms with Gasteiger partial charge in [-0.25, -0.2) is 0 Å². The Morgan fingerprint density at radius 1 is 1.30 bits per heavy atom. The minimum Gasteiger partial charge on any atom is -0.468 e. The lowest BCUT2D eigenvalue weighted by Gasteiger charge is -2.23. The van der Waals surface area contributed by atoms with Crippen LogP contribution in [0.5, 0.6) is 0 Å². The Balaban J connectivity index is 1.55. The summed E-state index contributed by atoms with van der Waals surface area (Å²) in [7, 11) is 4.01. The monoisotopic (exact) mass is 313 g/mol. The van der Waals surface area contributed by atoms with Crippen molar-refractivity contribution < 1.29 is 9.21 Å². The molecule has 0 spiro atoms. The number of carbonyl (C=O) groups is 1. The van der Waals surface area contributed by atoms with Crippen molar-refractivity contribution in [3.63, 3.8) is 0 Å². The van der Waals surface area contributed by atoms with E-state index in [1.54, 1.807) is 6.26 Å². The highest BCUT2D eigenvalue weighted by Gasteiger charge is 2.24. The molecule has 0 saturated heterocycles. The Kier molecular flexibility index (Phi) is 4.79. The van der Waals surface area contributed by atoms with E-state index in [0.29, 0.717) is 13.1 Å². The van der Waals surface area contributed by atoms with Crippen molar-refractivity contribution in [2.45, 2.75) is 12.5 Å². The third-order valence-electron chi connectivity index (χ3n) is 4.30. The number of hydrogen-bond donors (Lipinski definition) is 1. The summed E-state index contributed by atoms with van der Waals surface area (Å²) in [6, 6.07) is 12.1. The summed E-state index contributed by atoms with van der Waals surface area (Å²) in [4.78, 5) is 16.4. The molecule has 5 nitrogen and oxygen atoms in total. The molecule has 2 heterocycles. The molecule has 0 fully saturated rings. The molecular weight excluding hydrogens is 290 g/mol. The molecule has 23 heavy (non-hydrogen) atoms. The number of nitrogens with one attached hydrogen (secondary N) is 1. The first-order chi connectivity index (χ1) is 11.2. The van der Waals surface area contributed by atoms with Crippen LogP contribution in [0.1, 0.15) is 17.4 Å². The van der Waals surface area contributed by atoms with Crippen molar-refractivity contribution in [2.75, 3.05) is 38.6 Å². The van der Waals surface area contributed by atoms with Crippen molar-refractivity contribution in [2.24, 2.45) is 0 Å². The maximum atomic E-state index is 12.5. The number of benzene rings is 1. The summed E-state index contributed by atoms with van der Waals surface area (Å²) in [5, 5.41) is 3.27. The minimum atomic E-state index is 0.115. The van der Waals surface area contributed by atoms with Crippen LogP contribution in [0.25, 0.3) is 0 Å². The van der Waals surface area contributed by atoms with Crippen LogP contribution in [-0.2, 0) is 11.2 Å². The quantitative estimate of drug-likeness (QED) is 0.887. The molecule has 122 valence electrons. The largest absolute Gasteiger partial charge is 0.468 e. The lowest BCUT2D eigenvalue weighted by atomic mass is 10.2. The van der Waals surface area contributed by atoms with Gasteiger partial charge in [-0.05, 0) is 44.3 Å². The van der Waals surface area contributed by atoms with Gasteiger partial charge in [0, 0.05) is 18.8 Å². The van der Waals surface area contributed by atoms with Gasteiger partial charge in [-0.3, -0.25) is 9.69 Å². The van der Waals surface area contributed by atoms with Crippen molar-refractivity contribution in [3.8, 4) is 0 Å². The predicted molar refractivity (Wildman–Crippen MR) is 90.5 cm³/mol. The first-order valence-electron chi connectivity index (χ1n) is 7.95. The summed E-state index contributed by atoms with van der Waals surface area (Å²) in [6.07, 6.45) is 2.62. The number of rotatable bonds is 6. The number of hydrogen-bond acceptors (Lipinski definition) is 4. The molecule has 0 saturated carbocycles. The Morgan fingerprint density at radius 2 is 2.13 bits per heavy atom. The predicted octanol–water partition coefficient (Wildman–Crippen LogP) is 2.06. The van der Waals surface area contributed by atoms with Crippen molar-refractivity contribution in [1.29, 1.82) is 0 Å². The molecular formula is C18H23N3O2. The molecule has 1 aromatic carbocycles. The van der Waals surface area contributed by atoms with E-state index in [1.165, 1.54) is 5.56 Å². The molecule has 1 atom stereocenters. The van der Waals surface area contributed by atoms with Gasteiger partial charge in [0.1, 0.15) is 5.76 Å². The first-order valence-corrected chi connectivity index (χ1v) is 7.95. The van der Waals surface area contributed by atoms with Gasteiger partial charge in [0.05, 0.1) is 18.8 Å². The molecule has 1 unspecified atom stereocenters. The fourth-order valence-electron chi connectivity index (χ4n) is 3.03. The number of likely N-dealkylation sites (N-methyl/N-ethyl adjacent to an activating group) is 1. The Morgan fingerprint density at radius 3 is 2.87 bits per heavy atom. The van der Waals surface area contributed by atoms with Crippen molar-refractivity contribution in [3.05, 3.63) is 54.0 Å². The van der Waals surface area contributed by atoms with Crippen LogP contribution in [0.3, 0.4) is 0 Å². The molecule has 3 rings (SSSR count). The maximum absolute atomic E-state index is 12.5. The molecule has 1 aliphatic rings. The van der Waals surface area contributed by atoms with Crippen LogP contribution in [0, 0.1) is 0 Å². The second-order valence-corrected chi connectivity index (χ2v) is 6.05. The van der Waals surface area contributed by atoms with E-state index in [2.05, 4.69) is 16.3 Å². The third-order valence-corrected chi connectivity index (χ3v) is 4.30. The second-order valence-electron chi connectivity index (χ2n) is 6.05. The molecule has 1 amide bonds. The number of nitrogens with zero attached hydrogens (tertiary/aromatic N) is 2. The van der Waals surface area contributed by atoms with Gasteiger partial charge in [-0.15, -0.1) is 0 Å². The van der Waals surface area contributed by atoms with Crippen LogP contribution in [-0.4, -0.2) is 44.5 Å². The summed E-state index contributed by atoms with van der Waals surface area (Å²) in [5.41, 5.74) is 2.30. The van der Waals surface area contributed by atoms with Gasteiger partial charge in [-0.1, -0.05) is 18.2 Å². The van der Waals surface area contributed by atoms with E-state index < -0.39 is 0 Å². The fourth-order valence-corrected chi connectivity index (χ4v) is 3.03. The van der Waals surface area contributed by atoms with E-state index in [0.717, 1.165) is 24.4 Å². The highest BCUT2D eigenvalue weighted by Crippen LogP contribution is 2.27. The Hall–Kier alpha value is -2.11. The van der Waals surface area contributed by atoms with Crippen LogP contribution in [0.2, 0.25) is 0 Å². The molecule has 0 aliphatic carbocycles. The zero-order valence-corrected chi connectivity index (χ0v) is 13.7. The fraction of sp³-hybridized carbons (Fsp3) is 0.389. The number of anilines is 1. The topological polar surface area (TPSA) is 48.7 Å². The molecule has 1 aliphatic heterocycles. The number of fused-ring (bicyclic) bond motifs is 1. The van der Waals surface area contributed by atoms with E-state index in [4.69, 9.17) is 4.42 Å². The molecule has 1 aromatic heterocycles. The Bertz CT molecular complexity index is 652. The lowest BCUT2D eigenvalue weighted by Crippen LogP contribution is -2.40. The van der Waals surface area contributed by atoms with Crippen molar-refractivity contribution in [1.82, 2.24) is 10.2 Å². The molecule has 2 aromatic rings. The van der Waals surface area contributed by atoms with Gasteiger partial charge in [0.2, 0.25) is 5.91 Å². The van der Waals surface area contributed by atoms with E-state index in [9.17, 15) is 4.79 Å². The zero-order chi connectivity index (χ0) is 16.2. The minimum absolute atomic E-state index is 0.115. The van der Waals surface area contributed by atoms with E-state index in [1.807, 2.05) is 49.3 Å². The van der Waals surface area contributed by atoms with Crippen LogP contribution in [0.4, 0.5) is 5.69 Å². The number of carbonyl (C=O) groups excluding carboxylic acids is 1. The summed E-state index contributed by atoms with van der Waals surface area (Å²) >= 11 is 0. The van der Waals surface area contributed by atoms with E-state index in [-0.39, 0.29) is 11.9 Å². The summed E-state index contributed by atoms with van der Waals surface area (Å²) < 4.78 is 5.48. The smallest absolute Gasteiger partial charge is 0.240 e. The summed E-state index contributed by atoms with van der Waals surface area (Å²) in [5.74, 6) is 1.02. The van der Waals surface area contributed by atoms with Gasteiger partial charge < -0.3 is 14.6 Å². The number of amides is 1. The van der Waals surface area contributed by atoms with Gasteiger partial charge >= 0.3 is 0 Å². The number of para-hydroxylation sites is 1. The SMILES string of the molecule is CN(C)C(CNCC(=O)N1CCc2ccccc21)c1ccco1. The molecule has 5 heteroatoms. The molecule has 1 N–H and O–H groups in total. The third kappa shape index (κ3) is 3.46. The molecule has 0 bridgehead atoms. The van der Waals surface area contributed by atoms with E-state index >= 15 is 0 Å². The van der Waals surface area contributed by atoms with Gasteiger partial charge in [0.25, 0.3) is 0 Å². The van der Waals surface area contributed by atoms with Crippen molar-refractivity contribution >= 4 is 11.6 Å². The zero-order valence-electron chi connectivity index (χ0n) is 13.7. The van der Waals surface area contributed by atoms with Crippen LogP contribution >= 0.6 is 0 Å². The van der Waals surface area contributed by atoms with Crippen LogP contribution in [0.15, 0.2) is 47.1 Å². The van der Waals surface area contributed by atoms with Crippen LogP contribution < -0.4 is 10.2 Å². The lowest BCUT2D eigenvalue weighted by molar-refractivity contribution is -0.117. The average molecular weight is 313 g/mol. The normalized spacial score (nSPS) is 15.0. The Labute approximate surface area is 136 Å². The maximum Gasteiger partial charge on any atom is 0.240 e. The number of furan rings is 1. The summed E-state index contributed by atoms with van der Waals surface area (Å²) in [6.45, 7) is 1.77. The highest BCUT2D eigenvalue weighted by molar-refractivity contribution is 5.96. The highest BCUT2D eigenvalue weighted by atomic mass is 16.3. The first kappa shape index (κ1) is 15.8. The molecule has 0 radical (unpaired) electrons. The average Bonchev–Trinajstić information content (AvgIpc) is 3.20. The second kappa shape index (κ2) is 6.98. The standard InChI is InChI=1S/C18H23N3O2/c1-20(2)16(17-8-5-11-23-17)12-19-13-18(22)21-10-9-14-6-3-4-7-15(14)21/h3-8,11,16,19H,9-10,12-13H2,1-2H3. The van der Waals surface area contributed by atoms with Gasteiger partial charge in [0.15, 0.2) is 0 Å². The van der Waals surface area contributed by atoms with Gasteiger partial charge in [-0.2, -0.15) is 0 Å².